The Morgan fingerprint density at radius 1 is 0.882 bits per heavy atom. The van der Waals surface area contributed by atoms with Crippen molar-refractivity contribution in [3.05, 3.63) is 59.7 Å². The molecule has 4 rings (SSSR count). The molecule has 8 heteroatoms. The largest absolute Gasteiger partial charge is 0.463 e. The van der Waals surface area contributed by atoms with Gasteiger partial charge in [0.2, 0.25) is 0 Å². The molecule has 2 saturated heterocycles. The lowest BCUT2D eigenvalue weighted by Crippen LogP contribution is -2.46. The molecule has 0 aromatic heterocycles. The van der Waals surface area contributed by atoms with E-state index in [2.05, 4.69) is 28.0 Å². The first-order valence-electron chi connectivity index (χ1n) is 11.8. The lowest BCUT2D eigenvalue weighted by Gasteiger charge is -2.37. The average Bonchev–Trinajstić information content (AvgIpc) is 2.85. The van der Waals surface area contributed by atoms with Gasteiger partial charge in [0.05, 0.1) is 5.69 Å². The Bertz CT molecular complexity index is 900. The number of likely N-dealkylation sites (tertiary alicyclic amines) is 1. The van der Waals surface area contributed by atoms with Crippen LogP contribution in [0.25, 0.3) is 0 Å². The van der Waals surface area contributed by atoms with E-state index in [0.29, 0.717) is 0 Å². The molecule has 2 aliphatic heterocycles. The number of hydrogen-bond acceptors (Lipinski definition) is 5. The summed E-state index contributed by atoms with van der Waals surface area (Å²) >= 11 is 0. The molecule has 34 heavy (non-hydrogen) atoms. The third-order valence-electron chi connectivity index (χ3n) is 6.49. The van der Waals surface area contributed by atoms with Crippen molar-refractivity contribution in [1.82, 2.24) is 9.80 Å². The van der Waals surface area contributed by atoms with Gasteiger partial charge < -0.3 is 19.3 Å². The molecule has 6 nitrogen and oxygen atoms in total. The SMILES string of the molecule is COC(C)Oc1ccccc1N1CCN(Cc2ccccc2C(=O)N2CCCCC2)CC1.Cl.Cl. The first-order valence-corrected chi connectivity index (χ1v) is 11.8. The van der Waals surface area contributed by atoms with Crippen LogP contribution in [0.5, 0.6) is 5.75 Å². The maximum atomic E-state index is 13.1. The van der Waals surface area contributed by atoms with Crippen LogP contribution in [0.4, 0.5) is 5.69 Å². The second-order valence-corrected chi connectivity index (χ2v) is 8.66. The summed E-state index contributed by atoms with van der Waals surface area (Å²) in [6.07, 6.45) is 3.18. The number of halogens is 2. The topological polar surface area (TPSA) is 45.3 Å². The number of amides is 1. The molecule has 0 spiro atoms. The number of carbonyl (C=O) groups excluding carboxylic acids is 1. The van der Waals surface area contributed by atoms with Crippen LogP contribution in [0.1, 0.15) is 42.1 Å². The minimum Gasteiger partial charge on any atom is -0.463 e. The number of piperazine rings is 1. The van der Waals surface area contributed by atoms with Gasteiger partial charge in [-0.2, -0.15) is 0 Å². The van der Waals surface area contributed by atoms with Gasteiger partial charge in [0, 0.05) is 58.5 Å². The number of para-hydroxylation sites is 2. The highest BCUT2D eigenvalue weighted by molar-refractivity contribution is 5.95. The van der Waals surface area contributed by atoms with Gasteiger partial charge in [-0.1, -0.05) is 30.3 Å². The van der Waals surface area contributed by atoms with E-state index in [1.54, 1.807) is 7.11 Å². The molecular weight excluding hydrogens is 473 g/mol. The van der Waals surface area contributed by atoms with E-state index in [9.17, 15) is 4.79 Å². The Hall–Kier alpha value is -1.99. The summed E-state index contributed by atoms with van der Waals surface area (Å²) in [6.45, 7) is 8.21. The van der Waals surface area contributed by atoms with Crippen molar-refractivity contribution in [2.75, 3.05) is 51.3 Å². The van der Waals surface area contributed by atoms with E-state index < -0.39 is 0 Å². The molecule has 1 unspecified atom stereocenters. The van der Waals surface area contributed by atoms with Crippen molar-refractivity contribution in [1.29, 1.82) is 0 Å². The maximum absolute atomic E-state index is 13.1. The number of benzene rings is 2. The van der Waals surface area contributed by atoms with E-state index in [1.165, 1.54) is 6.42 Å². The van der Waals surface area contributed by atoms with Crippen molar-refractivity contribution in [2.24, 2.45) is 0 Å². The molecule has 2 aliphatic rings. The van der Waals surface area contributed by atoms with E-state index in [-0.39, 0.29) is 37.0 Å². The predicted octanol–water partition coefficient (Wildman–Crippen LogP) is 4.85. The van der Waals surface area contributed by atoms with Gasteiger partial charge in [0.1, 0.15) is 5.75 Å². The highest BCUT2D eigenvalue weighted by Gasteiger charge is 2.24. The molecule has 188 valence electrons. The van der Waals surface area contributed by atoms with E-state index in [1.807, 2.05) is 42.2 Å². The summed E-state index contributed by atoms with van der Waals surface area (Å²) in [4.78, 5) is 20.0. The summed E-state index contributed by atoms with van der Waals surface area (Å²) < 4.78 is 11.2. The summed E-state index contributed by atoms with van der Waals surface area (Å²) in [5.41, 5.74) is 3.11. The molecule has 1 amide bonds. The van der Waals surface area contributed by atoms with Gasteiger partial charge in [-0.15, -0.1) is 24.8 Å². The average molecular weight is 511 g/mol. The fraction of sp³-hybridized carbons (Fsp3) is 0.500. The highest BCUT2D eigenvalue weighted by atomic mass is 35.5. The Morgan fingerprint density at radius 3 is 2.24 bits per heavy atom. The van der Waals surface area contributed by atoms with Crippen molar-refractivity contribution >= 4 is 36.4 Å². The van der Waals surface area contributed by atoms with Crippen LogP contribution in [0.15, 0.2) is 48.5 Å². The van der Waals surface area contributed by atoms with Crippen LogP contribution in [-0.4, -0.2) is 68.4 Å². The number of methoxy groups -OCH3 is 1. The maximum Gasteiger partial charge on any atom is 0.254 e. The Kier molecular flexibility index (Phi) is 11.5. The molecule has 2 heterocycles. The van der Waals surface area contributed by atoms with E-state index in [0.717, 1.165) is 81.2 Å². The van der Waals surface area contributed by atoms with Crippen LogP contribution < -0.4 is 9.64 Å². The van der Waals surface area contributed by atoms with Gasteiger partial charge in [0.15, 0.2) is 6.29 Å². The Morgan fingerprint density at radius 2 is 1.53 bits per heavy atom. The van der Waals surface area contributed by atoms with Crippen molar-refractivity contribution in [2.45, 2.75) is 39.0 Å². The van der Waals surface area contributed by atoms with Crippen LogP contribution >= 0.6 is 24.8 Å². The summed E-state index contributed by atoms with van der Waals surface area (Å²) in [5.74, 6) is 1.05. The summed E-state index contributed by atoms with van der Waals surface area (Å²) in [7, 11) is 1.65. The highest BCUT2D eigenvalue weighted by Crippen LogP contribution is 2.30. The molecule has 1 atom stereocenters. The second kappa shape index (κ2) is 13.8. The van der Waals surface area contributed by atoms with Gasteiger partial charge in [-0.3, -0.25) is 9.69 Å². The van der Waals surface area contributed by atoms with Crippen molar-refractivity contribution < 1.29 is 14.3 Å². The van der Waals surface area contributed by atoms with E-state index in [4.69, 9.17) is 9.47 Å². The zero-order chi connectivity index (χ0) is 22.3. The van der Waals surface area contributed by atoms with Crippen molar-refractivity contribution in [3.8, 4) is 5.75 Å². The quantitative estimate of drug-likeness (QED) is 0.499. The molecule has 2 aromatic rings. The Labute approximate surface area is 216 Å². The Balaban J connectivity index is 0.00000204. The molecular formula is C26H37Cl2N3O3. The molecule has 0 bridgehead atoms. The number of hydrogen-bond donors (Lipinski definition) is 0. The van der Waals surface area contributed by atoms with Gasteiger partial charge in [-0.05, 0) is 49.9 Å². The van der Waals surface area contributed by atoms with Crippen LogP contribution in [0.2, 0.25) is 0 Å². The number of nitrogens with zero attached hydrogens (tertiary/aromatic N) is 3. The molecule has 0 N–H and O–H groups in total. The molecule has 2 fully saturated rings. The van der Waals surface area contributed by atoms with Crippen LogP contribution in [0, 0.1) is 0 Å². The number of piperidine rings is 1. The third kappa shape index (κ3) is 7.01. The number of rotatable bonds is 7. The minimum atomic E-state index is -0.286. The predicted molar refractivity (Wildman–Crippen MR) is 142 cm³/mol. The first-order chi connectivity index (χ1) is 15.7. The van der Waals surface area contributed by atoms with Crippen molar-refractivity contribution in [3.63, 3.8) is 0 Å². The first kappa shape index (κ1) is 28.2. The molecule has 0 radical (unpaired) electrons. The minimum absolute atomic E-state index is 0. The standard InChI is InChI=1S/C26H35N3O3.2ClH/c1-21(31-2)32-25-13-7-6-12-24(25)28-18-16-27(17-19-28)20-22-10-4-5-11-23(22)26(30)29-14-8-3-9-15-29;;/h4-7,10-13,21H,3,8-9,14-20H2,1-2H3;2*1H. The van der Waals surface area contributed by atoms with Gasteiger partial charge in [-0.25, -0.2) is 0 Å². The smallest absolute Gasteiger partial charge is 0.254 e. The lowest BCUT2D eigenvalue weighted by molar-refractivity contribution is -0.0380. The van der Waals surface area contributed by atoms with Gasteiger partial charge in [0.25, 0.3) is 5.91 Å². The fourth-order valence-electron chi connectivity index (χ4n) is 4.57. The van der Waals surface area contributed by atoms with E-state index >= 15 is 0 Å². The fourth-order valence-corrected chi connectivity index (χ4v) is 4.57. The molecule has 0 saturated carbocycles. The summed E-state index contributed by atoms with van der Waals surface area (Å²) in [6, 6.07) is 16.3. The van der Waals surface area contributed by atoms with Gasteiger partial charge >= 0.3 is 0 Å². The number of ether oxygens (including phenoxy) is 2. The van der Waals surface area contributed by atoms with Crippen LogP contribution in [0.3, 0.4) is 0 Å². The zero-order valence-electron chi connectivity index (χ0n) is 20.2. The molecule has 0 aliphatic carbocycles. The summed E-state index contributed by atoms with van der Waals surface area (Å²) in [5, 5.41) is 0. The third-order valence-corrected chi connectivity index (χ3v) is 6.49. The molecule has 2 aromatic carbocycles. The number of anilines is 1. The second-order valence-electron chi connectivity index (χ2n) is 8.66. The van der Waals surface area contributed by atoms with Crippen LogP contribution in [-0.2, 0) is 11.3 Å². The number of carbonyl (C=O) groups is 1. The monoisotopic (exact) mass is 509 g/mol. The normalized spacial score (nSPS) is 17.4. The lowest BCUT2D eigenvalue weighted by atomic mass is 10.0. The zero-order valence-corrected chi connectivity index (χ0v) is 21.8.